The van der Waals surface area contributed by atoms with Crippen LogP contribution in [0.2, 0.25) is 0 Å². The number of hydrogen-bond donors (Lipinski definition) is 2. The zero-order valence-electron chi connectivity index (χ0n) is 15.1. The van der Waals surface area contributed by atoms with E-state index in [4.69, 9.17) is 5.53 Å². The summed E-state index contributed by atoms with van der Waals surface area (Å²) in [5.74, 6) is -1.25. The molecule has 0 aliphatic carbocycles. The monoisotopic (exact) mass is 391 g/mol. The largest absolute Gasteiger partial charge is 0.391 e. The fraction of sp³-hybridized carbons (Fsp3) is 0.368. The van der Waals surface area contributed by atoms with Crippen LogP contribution < -0.4 is 5.32 Å². The number of rotatable bonds is 5. The fourth-order valence-electron chi connectivity index (χ4n) is 3.26. The molecule has 1 aliphatic rings. The van der Waals surface area contributed by atoms with E-state index < -0.39 is 12.1 Å². The van der Waals surface area contributed by atoms with Crippen molar-refractivity contribution in [3.8, 4) is 0 Å². The molecular formula is C19H20F3N5O. The molecule has 0 bridgehead atoms. The molecule has 1 saturated heterocycles. The van der Waals surface area contributed by atoms with E-state index in [1.807, 2.05) is 6.07 Å². The van der Waals surface area contributed by atoms with Gasteiger partial charge in [0.2, 0.25) is 5.91 Å². The first-order valence-electron chi connectivity index (χ1n) is 8.82. The molecule has 2 aromatic rings. The third-order valence-electron chi connectivity index (χ3n) is 4.88. The number of nitrogens with one attached hydrogen (secondary N) is 2. The van der Waals surface area contributed by atoms with Crippen molar-refractivity contribution >= 4 is 28.2 Å². The van der Waals surface area contributed by atoms with Crippen molar-refractivity contribution in [2.75, 3.05) is 25.0 Å². The van der Waals surface area contributed by atoms with Crippen molar-refractivity contribution < 1.29 is 18.0 Å². The number of anilines is 1. The Labute approximate surface area is 159 Å². The summed E-state index contributed by atoms with van der Waals surface area (Å²) >= 11 is 0. The van der Waals surface area contributed by atoms with Crippen molar-refractivity contribution in [2.24, 2.45) is 11.0 Å². The Morgan fingerprint density at radius 1 is 1.29 bits per heavy atom. The van der Waals surface area contributed by atoms with Gasteiger partial charge in [-0.15, -0.1) is 0 Å². The fourth-order valence-corrected chi connectivity index (χ4v) is 3.26. The highest BCUT2D eigenvalue weighted by molar-refractivity contribution is 5.94. The average Bonchev–Trinajstić information content (AvgIpc) is 2.66. The lowest BCUT2D eigenvalue weighted by Crippen LogP contribution is -2.42. The van der Waals surface area contributed by atoms with Crippen molar-refractivity contribution in [3.63, 3.8) is 0 Å². The summed E-state index contributed by atoms with van der Waals surface area (Å²) in [4.78, 5) is 18.2. The van der Waals surface area contributed by atoms with Crippen LogP contribution >= 0.6 is 0 Å². The first-order valence-corrected chi connectivity index (χ1v) is 8.82. The van der Waals surface area contributed by atoms with Crippen LogP contribution in [0, 0.1) is 11.4 Å². The highest BCUT2D eigenvalue weighted by Gasteiger charge is 2.41. The van der Waals surface area contributed by atoms with Crippen LogP contribution in [0.15, 0.2) is 42.2 Å². The normalized spacial score (nSPS) is 16.1. The highest BCUT2D eigenvalue weighted by Crippen LogP contribution is 2.34. The van der Waals surface area contributed by atoms with Gasteiger partial charge in [0, 0.05) is 17.1 Å². The van der Waals surface area contributed by atoms with Gasteiger partial charge in [0.1, 0.15) is 5.82 Å². The number of halogens is 3. The average molecular weight is 391 g/mol. The number of piperidine rings is 1. The minimum Gasteiger partial charge on any atom is -0.310 e. The Morgan fingerprint density at radius 3 is 2.64 bits per heavy atom. The maximum absolute atomic E-state index is 12.7. The molecule has 28 heavy (non-hydrogen) atoms. The first kappa shape index (κ1) is 19.9. The van der Waals surface area contributed by atoms with Gasteiger partial charge < -0.3 is 5.32 Å². The van der Waals surface area contributed by atoms with E-state index in [9.17, 15) is 18.0 Å². The Bertz CT molecular complexity index is 904. The SMILES string of the molecule is C=C(N=N)c1ccc2cnc(NC(=O)CN3CCC(C(F)(F)F)CC3)cc2c1. The molecule has 0 atom stereocenters. The third-order valence-corrected chi connectivity index (χ3v) is 4.88. The highest BCUT2D eigenvalue weighted by atomic mass is 19.4. The van der Waals surface area contributed by atoms with Crippen LogP contribution in [0.3, 0.4) is 0 Å². The number of nitrogens with zero attached hydrogens (tertiary/aromatic N) is 3. The predicted molar refractivity (Wildman–Crippen MR) is 99.8 cm³/mol. The number of pyridine rings is 1. The van der Waals surface area contributed by atoms with Crippen LogP contribution in [-0.4, -0.2) is 41.6 Å². The van der Waals surface area contributed by atoms with Crippen molar-refractivity contribution in [1.29, 1.82) is 5.53 Å². The zero-order chi connectivity index (χ0) is 20.3. The van der Waals surface area contributed by atoms with Crippen LogP contribution in [-0.2, 0) is 4.79 Å². The smallest absolute Gasteiger partial charge is 0.310 e. The molecule has 1 amide bonds. The molecule has 0 spiro atoms. The molecule has 0 saturated carbocycles. The molecule has 1 aliphatic heterocycles. The molecule has 9 heteroatoms. The molecule has 2 heterocycles. The lowest BCUT2D eigenvalue weighted by atomic mass is 9.96. The van der Waals surface area contributed by atoms with E-state index >= 15 is 0 Å². The molecule has 1 aromatic carbocycles. The lowest BCUT2D eigenvalue weighted by Gasteiger charge is -2.32. The van der Waals surface area contributed by atoms with Crippen LogP contribution in [0.25, 0.3) is 16.5 Å². The molecule has 0 radical (unpaired) electrons. The summed E-state index contributed by atoms with van der Waals surface area (Å²) in [6.07, 6.45) is -2.53. The van der Waals surface area contributed by atoms with Crippen LogP contribution in [0.5, 0.6) is 0 Å². The van der Waals surface area contributed by atoms with E-state index in [0.29, 0.717) is 17.1 Å². The molecule has 3 rings (SSSR count). The quantitative estimate of drug-likeness (QED) is 0.739. The molecule has 6 nitrogen and oxygen atoms in total. The van der Waals surface area contributed by atoms with Gasteiger partial charge in [0.25, 0.3) is 0 Å². The van der Waals surface area contributed by atoms with Gasteiger partial charge in [0.15, 0.2) is 0 Å². The van der Waals surface area contributed by atoms with Crippen LogP contribution in [0.4, 0.5) is 19.0 Å². The second-order valence-electron chi connectivity index (χ2n) is 6.83. The maximum atomic E-state index is 12.7. The second-order valence-corrected chi connectivity index (χ2v) is 6.83. The molecule has 1 fully saturated rings. The summed E-state index contributed by atoms with van der Waals surface area (Å²) in [6, 6.07) is 7.11. The lowest BCUT2D eigenvalue weighted by molar-refractivity contribution is -0.184. The Hall–Kier alpha value is -2.81. The number of hydrogen-bond acceptors (Lipinski definition) is 5. The molecular weight excluding hydrogens is 371 g/mol. The summed E-state index contributed by atoms with van der Waals surface area (Å²) in [6.45, 7) is 4.20. The number of benzene rings is 1. The van der Waals surface area contributed by atoms with E-state index in [1.165, 1.54) is 0 Å². The number of likely N-dealkylation sites (tertiary alicyclic amines) is 1. The molecule has 1 aromatic heterocycles. The van der Waals surface area contributed by atoms with E-state index in [-0.39, 0.29) is 38.4 Å². The number of carbonyl (C=O) groups excluding carboxylic acids is 1. The predicted octanol–water partition coefficient (Wildman–Crippen LogP) is 4.45. The van der Waals surface area contributed by atoms with Crippen molar-refractivity contribution in [3.05, 3.63) is 42.6 Å². The number of carbonyl (C=O) groups is 1. The topological polar surface area (TPSA) is 81.4 Å². The number of aromatic nitrogens is 1. The number of fused-ring (bicyclic) bond motifs is 1. The van der Waals surface area contributed by atoms with E-state index in [0.717, 1.165) is 10.8 Å². The molecule has 148 valence electrons. The van der Waals surface area contributed by atoms with Crippen molar-refractivity contribution in [1.82, 2.24) is 9.88 Å². The van der Waals surface area contributed by atoms with Gasteiger partial charge in [0.05, 0.1) is 18.2 Å². The number of alkyl halides is 3. The van der Waals surface area contributed by atoms with Gasteiger partial charge in [-0.1, -0.05) is 18.7 Å². The Balaban J connectivity index is 1.62. The summed E-state index contributed by atoms with van der Waals surface area (Å²) in [5.41, 5.74) is 8.07. The van der Waals surface area contributed by atoms with E-state index in [1.54, 1.807) is 29.3 Å². The van der Waals surface area contributed by atoms with Gasteiger partial charge in [-0.3, -0.25) is 9.69 Å². The minimum atomic E-state index is -4.17. The summed E-state index contributed by atoms with van der Waals surface area (Å²) in [7, 11) is 0. The first-order chi connectivity index (χ1) is 13.3. The summed E-state index contributed by atoms with van der Waals surface area (Å²) in [5, 5.41) is 7.66. The van der Waals surface area contributed by atoms with Gasteiger partial charge in [-0.05, 0) is 43.5 Å². The van der Waals surface area contributed by atoms with Gasteiger partial charge in [-0.25, -0.2) is 10.5 Å². The molecule has 0 unspecified atom stereocenters. The van der Waals surface area contributed by atoms with E-state index in [2.05, 4.69) is 22.0 Å². The standard InChI is InChI=1S/C19H20F3N5O/c1-12(26-23)13-2-3-14-10-24-17(9-15(14)8-13)25-18(28)11-27-6-4-16(5-7-27)19(20,21)22/h2-3,8-10,16,23H,1,4-7,11H2,(H,24,25,28). The Morgan fingerprint density at radius 2 is 2.00 bits per heavy atom. The van der Waals surface area contributed by atoms with Gasteiger partial charge in [-0.2, -0.15) is 18.3 Å². The zero-order valence-corrected chi connectivity index (χ0v) is 15.1. The van der Waals surface area contributed by atoms with Crippen LogP contribution in [0.1, 0.15) is 18.4 Å². The number of amides is 1. The minimum absolute atomic E-state index is 0.0126. The van der Waals surface area contributed by atoms with Crippen molar-refractivity contribution in [2.45, 2.75) is 19.0 Å². The second kappa shape index (κ2) is 8.05. The Kier molecular flexibility index (Phi) is 5.73. The maximum Gasteiger partial charge on any atom is 0.391 e. The summed E-state index contributed by atoms with van der Waals surface area (Å²) < 4.78 is 38.2. The molecule has 2 N–H and O–H groups in total. The van der Waals surface area contributed by atoms with Gasteiger partial charge >= 0.3 is 6.18 Å². The third kappa shape index (κ3) is 4.72.